The topological polar surface area (TPSA) is 66.8 Å². The van der Waals surface area contributed by atoms with Crippen molar-refractivity contribution >= 4 is 15.7 Å². The first-order valence-corrected chi connectivity index (χ1v) is 8.83. The van der Waals surface area contributed by atoms with Gasteiger partial charge in [-0.3, -0.25) is 4.31 Å². The molecule has 1 atom stereocenters. The fraction of sp³-hybridized carbons (Fsp3) is 0.294. The number of aliphatic hydroxyl groups excluding tert-OH is 1. The third-order valence-corrected chi connectivity index (χ3v) is 5.90. The van der Waals surface area contributed by atoms with Crippen LogP contribution in [0.15, 0.2) is 47.4 Å². The molecule has 0 saturated heterocycles. The summed E-state index contributed by atoms with van der Waals surface area (Å²) in [5.41, 5.74) is 2.08. The van der Waals surface area contributed by atoms with E-state index in [4.69, 9.17) is 4.74 Å². The zero-order valence-electron chi connectivity index (χ0n) is 13.1. The molecule has 0 bridgehead atoms. The average Bonchev–Trinajstić information content (AvgIpc) is 2.55. The summed E-state index contributed by atoms with van der Waals surface area (Å²) in [7, 11) is -2.11. The minimum atomic E-state index is -3.65. The van der Waals surface area contributed by atoms with E-state index >= 15 is 0 Å². The van der Waals surface area contributed by atoms with Crippen molar-refractivity contribution in [3.63, 3.8) is 0 Å². The number of aliphatic hydroxyl groups is 1. The number of hydrogen-bond donors (Lipinski definition) is 1. The normalized spacial score (nSPS) is 17.7. The molecule has 5 nitrogen and oxygen atoms in total. The summed E-state index contributed by atoms with van der Waals surface area (Å²) in [4.78, 5) is 0.251. The largest absolute Gasteiger partial charge is 0.497 e. The van der Waals surface area contributed by atoms with Crippen LogP contribution >= 0.6 is 0 Å². The Bertz CT molecular complexity index is 815. The van der Waals surface area contributed by atoms with E-state index in [9.17, 15) is 13.5 Å². The quantitative estimate of drug-likeness (QED) is 0.938. The van der Waals surface area contributed by atoms with Crippen LogP contribution in [0.4, 0.5) is 5.69 Å². The van der Waals surface area contributed by atoms with Crippen LogP contribution in [0.2, 0.25) is 0 Å². The predicted molar refractivity (Wildman–Crippen MR) is 88.3 cm³/mol. The SMILES string of the molecule is COc1ccc2c(c1)C(O)CCN2S(=O)(=O)c1ccc(C)cc1. The highest BCUT2D eigenvalue weighted by molar-refractivity contribution is 7.92. The fourth-order valence-electron chi connectivity index (χ4n) is 2.76. The summed E-state index contributed by atoms with van der Waals surface area (Å²) in [5.74, 6) is 0.595. The van der Waals surface area contributed by atoms with Crippen molar-refractivity contribution in [3.8, 4) is 5.75 Å². The minimum Gasteiger partial charge on any atom is -0.497 e. The summed E-state index contributed by atoms with van der Waals surface area (Å²) in [5, 5.41) is 10.2. The second-order valence-corrected chi connectivity index (χ2v) is 7.48. The molecule has 1 heterocycles. The van der Waals surface area contributed by atoms with Crippen molar-refractivity contribution in [1.29, 1.82) is 0 Å². The number of hydrogen-bond acceptors (Lipinski definition) is 4. The molecule has 2 aromatic rings. The van der Waals surface area contributed by atoms with Crippen molar-refractivity contribution in [1.82, 2.24) is 0 Å². The maximum absolute atomic E-state index is 12.9. The smallest absolute Gasteiger partial charge is 0.264 e. The third kappa shape index (κ3) is 2.80. The molecule has 6 heteroatoms. The highest BCUT2D eigenvalue weighted by atomic mass is 32.2. The summed E-state index contributed by atoms with van der Waals surface area (Å²) >= 11 is 0. The average molecular weight is 333 g/mol. The fourth-order valence-corrected chi connectivity index (χ4v) is 4.26. The molecule has 2 aromatic carbocycles. The van der Waals surface area contributed by atoms with Crippen LogP contribution in [0.25, 0.3) is 0 Å². The molecule has 1 aliphatic heterocycles. The predicted octanol–water partition coefficient (Wildman–Crippen LogP) is 2.64. The molecule has 1 aliphatic rings. The zero-order valence-corrected chi connectivity index (χ0v) is 13.9. The van der Waals surface area contributed by atoms with E-state index in [1.807, 2.05) is 6.92 Å². The molecule has 0 aromatic heterocycles. The lowest BCUT2D eigenvalue weighted by Crippen LogP contribution is -2.36. The molecule has 1 unspecified atom stereocenters. The van der Waals surface area contributed by atoms with Crippen molar-refractivity contribution in [2.24, 2.45) is 0 Å². The molecule has 0 spiro atoms. The number of aryl methyl sites for hydroxylation is 1. The van der Waals surface area contributed by atoms with Gasteiger partial charge in [0.2, 0.25) is 0 Å². The second kappa shape index (κ2) is 5.86. The Hall–Kier alpha value is -2.05. The number of nitrogens with zero attached hydrogens (tertiary/aromatic N) is 1. The van der Waals surface area contributed by atoms with Gasteiger partial charge in [0.15, 0.2) is 0 Å². The van der Waals surface area contributed by atoms with Crippen LogP contribution in [0.1, 0.15) is 23.7 Å². The second-order valence-electron chi connectivity index (χ2n) is 5.62. The summed E-state index contributed by atoms with van der Waals surface area (Å²) < 4.78 is 32.4. The maximum Gasteiger partial charge on any atom is 0.264 e. The van der Waals surface area contributed by atoms with Gasteiger partial charge in [-0.25, -0.2) is 8.42 Å². The summed E-state index contributed by atoms with van der Waals surface area (Å²) in [6.45, 7) is 2.16. The van der Waals surface area contributed by atoms with Gasteiger partial charge in [-0.2, -0.15) is 0 Å². The molecule has 0 radical (unpaired) electrons. The van der Waals surface area contributed by atoms with E-state index in [1.54, 1.807) is 42.5 Å². The standard InChI is InChI=1S/C17H19NO4S/c1-12-3-6-14(7-4-12)23(20,21)18-10-9-17(19)15-11-13(22-2)5-8-16(15)18/h3-8,11,17,19H,9-10H2,1-2H3. The summed E-state index contributed by atoms with van der Waals surface area (Å²) in [6, 6.07) is 11.9. The van der Waals surface area contributed by atoms with Crippen LogP contribution in [-0.2, 0) is 10.0 Å². The molecular formula is C17H19NO4S. The van der Waals surface area contributed by atoms with E-state index in [1.165, 1.54) is 11.4 Å². The monoisotopic (exact) mass is 333 g/mol. The number of sulfonamides is 1. The highest BCUT2D eigenvalue weighted by Crippen LogP contribution is 2.38. The Morgan fingerprint density at radius 2 is 1.87 bits per heavy atom. The maximum atomic E-state index is 12.9. The van der Waals surface area contributed by atoms with E-state index in [0.717, 1.165) is 5.56 Å². The lowest BCUT2D eigenvalue weighted by atomic mass is 10.0. The van der Waals surface area contributed by atoms with Gasteiger partial charge in [0.25, 0.3) is 10.0 Å². The van der Waals surface area contributed by atoms with Gasteiger partial charge >= 0.3 is 0 Å². The van der Waals surface area contributed by atoms with Gasteiger partial charge < -0.3 is 9.84 Å². The lowest BCUT2D eigenvalue weighted by Gasteiger charge is -2.33. The number of benzene rings is 2. The number of fused-ring (bicyclic) bond motifs is 1. The Morgan fingerprint density at radius 1 is 1.17 bits per heavy atom. The summed E-state index contributed by atoms with van der Waals surface area (Å²) in [6.07, 6.45) is -0.338. The Morgan fingerprint density at radius 3 is 2.52 bits per heavy atom. The molecule has 122 valence electrons. The highest BCUT2D eigenvalue weighted by Gasteiger charge is 2.32. The van der Waals surface area contributed by atoms with Gasteiger partial charge in [0.05, 0.1) is 23.8 Å². The van der Waals surface area contributed by atoms with Crippen LogP contribution in [0.3, 0.4) is 0 Å². The molecule has 1 N–H and O–H groups in total. The van der Waals surface area contributed by atoms with Gasteiger partial charge in [-0.15, -0.1) is 0 Å². The molecular weight excluding hydrogens is 314 g/mol. The van der Waals surface area contributed by atoms with Crippen LogP contribution in [0, 0.1) is 6.92 Å². The zero-order chi connectivity index (χ0) is 16.6. The first-order valence-electron chi connectivity index (χ1n) is 7.39. The Kier molecular flexibility index (Phi) is 4.04. The molecule has 0 aliphatic carbocycles. The van der Waals surface area contributed by atoms with Crippen molar-refractivity contribution in [3.05, 3.63) is 53.6 Å². The van der Waals surface area contributed by atoms with Crippen molar-refractivity contribution in [2.75, 3.05) is 18.0 Å². The van der Waals surface area contributed by atoms with E-state index in [0.29, 0.717) is 23.4 Å². The van der Waals surface area contributed by atoms with E-state index in [-0.39, 0.29) is 11.4 Å². The molecule has 0 fully saturated rings. The van der Waals surface area contributed by atoms with E-state index < -0.39 is 16.1 Å². The van der Waals surface area contributed by atoms with Crippen LogP contribution < -0.4 is 9.04 Å². The minimum absolute atomic E-state index is 0.247. The number of methoxy groups -OCH3 is 1. The first-order chi connectivity index (χ1) is 10.9. The van der Waals surface area contributed by atoms with Gasteiger partial charge in [0.1, 0.15) is 5.75 Å². The number of ether oxygens (including phenoxy) is 1. The number of rotatable bonds is 3. The van der Waals surface area contributed by atoms with Crippen LogP contribution in [-0.4, -0.2) is 27.2 Å². The van der Waals surface area contributed by atoms with Gasteiger partial charge in [0, 0.05) is 12.1 Å². The number of anilines is 1. The molecule has 0 amide bonds. The Balaban J connectivity index is 2.08. The van der Waals surface area contributed by atoms with E-state index in [2.05, 4.69) is 0 Å². The van der Waals surface area contributed by atoms with Gasteiger partial charge in [-0.1, -0.05) is 17.7 Å². The molecule has 0 saturated carbocycles. The molecule has 3 rings (SSSR count). The van der Waals surface area contributed by atoms with Crippen LogP contribution in [0.5, 0.6) is 5.75 Å². The van der Waals surface area contributed by atoms with Crippen molar-refractivity contribution in [2.45, 2.75) is 24.3 Å². The van der Waals surface area contributed by atoms with Gasteiger partial charge in [-0.05, 0) is 43.7 Å². The third-order valence-electron chi connectivity index (χ3n) is 4.08. The van der Waals surface area contributed by atoms with Crippen molar-refractivity contribution < 1.29 is 18.3 Å². The first kappa shape index (κ1) is 15.8. The lowest BCUT2D eigenvalue weighted by molar-refractivity contribution is 0.166. The molecule has 23 heavy (non-hydrogen) atoms. The Labute approximate surface area is 136 Å².